The van der Waals surface area contributed by atoms with Crippen LogP contribution in [-0.2, 0) is 11.2 Å². The Labute approximate surface area is 221 Å². The smallest absolute Gasteiger partial charge is 0.443 e. The minimum atomic E-state index is -4.88. The molecule has 9 nitrogen and oxygen atoms in total. The second-order valence-corrected chi connectivity index (χ2v) is 9.49. The number of carbonyl (C=O) groups is 2. The molecule has 0 radical (unpaired) electrons. The number of nitrogens with zero attached hydrogens (tertiary/aromatic N) is 3. The van der Waals surface area contributed by atoms with E-state index >= 15 is 0 Å². The van der Waals surface area contributed by atoms with Crippen LogP contribution in [0.25, 0.3) is 0 Å². The summed E-state index contributed by atoms with van der Waals surface area (Å²) in [6, 6.07) is 11.3. The van der Waals surface area contributed by atoms with Crippen molar-refractivity contribution in [1.29, 1.82) is 0 Å². The van der Waals surface area contributed by atoms with E-state index in [0.717, 1.165) is 22.6 Å². The van der Waals surface area contributed by atoms with Crippen molar-refractivity contribution in [2.24, 2.45) is 16.8 Å². The van der Waals surface area contributed by atoms with E-state index in [1.165, 1.54) is 24.1 Å². The van der Waals surface area contributed by atoms with Crippen LogP contribution in [0.4, 0.5) is 18.0 Å². The average molecular weight is 556 g/mol. The Bertz CT molecular complexity index is 1210. The summed E-state index contributed by atoms with van der Waals surface area (Å²) in [5.74, 6) is -2.10. The number of fused-ring (bicyclic) bond motifs is 1. The highest BCUT2D eigenvalue weighted by molar-refractivity contribution is 6.30. The fraction of sp³-hybridized carbons (Fsp3) is 0.400. The molecule has 3 amide bonds. The molecule has 2 aliphatic rings. The molecule has 4 atom stereocenters. The van der Waals surface area contributed by atoms with Crippen molar-refractivity contribution >= 4 is 29.4 Å². The molecule has 2 aromatic rings. The second kappa shape index (κ2) is 11.2. The van der Waals surface area contributed by atoms with Crippen molar-refractivity contribution < 1.29 is 42.4 Å². The lowest BCUT2D eigenvalue weighted by atomic mass is 9.83. The predicted molar refractivity (Wildman–Crippen MR) is 130 cm³/mol. The number of amides is 3. The van der Waals surface area contributed by atoms with Crippen molar-refractivity contribution in [1.82, 2.24) is 9.80 Å². The average Bonchev–Trinajstić information content (AvgIpc) is 2.86. The summed E-state index contributed by atoms with van der Waals surface area (Å²) in [5, 5.41) is 19.6. The number of ether oxygens (including phenoxy) is 2. The van der Waals surface area contributed by atoms with Crippen LogP contribution < -0.4 is 9.47 Å². The van der Waals surface area contributed by atoms with E-state index in [9.17, 15) is 33.0 Å². The van der Waals surface area contributed by atoms with Gasteiger partial charge >= 0.3 is 12.4 Å². The van der Waals surface area contributed by atoms with Gasteiger partial charge in [0.15, 0.2) is 5.90 Å². The maximum Gasteiger partial charge on any atom is 0.573 e. The van der Waals surface area contributed by atoms with Crippen LogP contribution in [0.3, 0.4) is 0 Å². The van der Waals surface area contributed by atoms with Gasteiger partial charge in [0.2, 0.25) is 5.91 Å². The zero-order chi connectivity index (χ0) is 27.6. The fourth-order valence-corrected chi connectivity index (χ4v) is 4.64. The highest BCUT2D eigenvalue weighted by atomic mass is 35.5. The Hall–Kier alpha value is -3.35. The number of hydrogen-bond donors (Lipinski definition) is 2. The number of aliphatic hydroxyl groups excluding tert-OH is 2. The Kier molecular flexibility index (Phi) is 8.14. The van der Waals surface area contributed by atoms with E-state index in [-0.39, 0.29) is 24.6 Å². The summed E-state index contributed by atoms with van der Waals surface area (Å²) in [6.07, 6.45) is -6.54. The van der Waals surface area contributed by atoms with Gasteiger partial charge in [-0.3, -0.25) is 9.69 Å². The predicted octanol–water partition coefficient (Wildman–Crippen LogP) is 3.47. The molecule has 1 saturated heterocycles. The molecule has 2 N–H and O–H groups in total. The summed E-state index contributed by atoms with van der Waals surface area (Å²) in [5.41, 5.74) is 0.851. The lowest BCUT2D eigenvalue weighted by Gasteiger charge is -2.45. The quantitative estimate of drug-likeness (QED) is 0.541. The van der Waals surface area contributed by atoms with Crippen LogP contribution in [0.1, 0.15) is 12.0 Å². The molecule has 38 heavy (non-hydrogen) atoms. The Balaban J connectivity index is 1.66. The first kappa shape index (κ1) is 27.7. The Morgan fingerprint density at radius 1 is 1.16 bits per heavy atom. The van der Waals surface area contributed by atoms with Crippen LogP contribution in [0.15, 0.2) is 53.5 Å². The number of benzene rings is 2. The zero-order valence-corrected chi connectivity index (χ0v) is 20.9. The summed E-state index contributed by atoms with van der Waals surface area (Å²) < 4.78 is 48.0. The molecule has 13 heteroatoms. The number of urea groups is 1. The number of carbonyl (C=O) groups excluding carboxylic acids is 2. The third-order valence-electron chi connectivity index (χ3n) is 6.28. The number of hydrogen-bond acceptors (Lipinski definition) is 7. The first-order chi connectivity index (χ1) is 17.9. The number of rotatable bonds is 7. The van der Waals surface area contributed by atoms with E-state index in [2.05, 4.69) is 9.73 Å². The first-order valence-electron chi connectivity index (χ1n) is 11.7. The molecule has 0 bridgehead atoms. The summed E-state index contributed by atoms with van der Waals surface area (Å²) >= 11 is 5.99. The van der Waals surface area contributed by atoms with Gasteiger partial charge in [0, 0.05) is 24.1 Å². The van der Waals surface area contributed by atoms with Crippen LogP contribution in [-0.4, -0.2) is 76.7 Å². The minimum absolute atomic E-state index is 0.0360. The molecular weight excluding hydrogens is 531 g/mol. The van der Waals surface area contributed by atoms with Crippen molar-refractivity contribution in [2.75, 3.05) is 20.2 Å². The first-order valence-corrected chi connectivity index (χ1v) is 12.1. The van der Waals surface area contributed by atoms with E-state index in [1.807, 2.05) is 0 Å². The summed E-state index contributed by atoms with van der Waals surface area (Å²) in [7, 11) is 1.45. The van der Waals surface area contributed by atoms with Crippen molar-refractivity contribution in [3.63, 3.8) is 0 Å². The van der Waals surface area contributed by atoms with Gasteiger partial charge in [-0.15, -0.1) is 13.2 Å². The molecule has 2 aromatic carbocycles. The lowest BCUT2D eigenvalue weighted by molar-refractivity contribution is -0.274. The number of imide groups is 1. The minimum Gasteiger partial charge on any atom is -0.443 e. The van der Waals surface area contributed by atoms with Gasteiger partial charge in [-0.25, -0.2) is 9.79 Å². The van der Waals surface area contributed by atoms with Crippen molar-refractivity contribution in [3.05, 3.63) is 59.1 Å². The molecule has 0 aliphatic carbocycles. The third kappa shape index (κ3) is 6.37. The number of alkyl halides is 3. The van der Waals surface area contributed by atoms with Crippen LogP contribution in [0, 0.1) is 11.8 Å². The number of aliphatic hydroxyl groups is 2. The third-order valence-corrected chi connectivity index (χ3v) is 6.53. The van der Waals surface area contributed by atoms with Gasteiger partial charge in [0.25, 0.3) is 0 Å². The molecule has 0 saturated carbocycles. The highest BCUT2D eigenvalue weighted by Crippen LogP contribution is 2.36. The Morgan fingerprint density at radius 3 is 2.50 bits per heavy atom. The van der Waals surface area contributed by atoms with Gasteiger partial charge in [0.05, 0.1) is 25.2 Å². The molecule has 2 heterocycles. The number of aliphatic imine (C=N–C) groups is 1. The van der Waals surface area contributed by atoms with E-state index in [4.69, 9.17) is 16.3 Å². The maximum atomic E-state index is 13.3. The van der Waals surface area contributed by atoms with Crippen LogP contribution in [0.2, 0.25) is 5.02 Å². The molecular formula is C25H25ClF3N3O6. The molecule has 0 spiro atoms. The molecule has 1 fully saturated rings. The van der Waals surface area contributed by atoms with E-state index < -0.39 is 54.8 Å². The largest absolute Gasteiger partial charge is 0.573 e. The SMILES string of the molecule is CN1C(=O)N(CC(O)CO)C(=O)C2CC(Cc3ccc(Cl)cc3)C(Oc3cccc(OC(F)(F)F)c3)=NC21. The number of β-amino-alcohol motifs (C(OH)–C–C–N with tert-alkyl or cyclic N) is 1. The van der Waals surface area contributed by atoms with Crippen molar-refractivity contribution in [2.45, 2.75) is 31.5 Å². The summed E-state index contributed by atoms with van der Waals surface area (Å²) in [4.78, 5) is 32.9. The molecule has 2 aliphatic heterocycles. The monoisotopic (exact) mass is 555 g/mol. The topological polar surface area (TPSA) is 112 Å². The molecule has 204 valence electrons. The van der Waals surface area contributed by atoms with Gasteiger partial charge in [0.1, 0.15) is 17.7 Å². The standard InChI is InChI=1S/C25H25ClF3N3O6/c1-31-21-20(23(35)32(24(31)36)12-17(34)13-33)10-15(9-14-5-7-16(26)8-6-14)22(30-21)37-18-3-2-4-19(11-18)38-25(27,28)29/h2-8,11,15,17,20-21,33-34H,9-10,12-13H2,1H3. The van der Waals surface area contributed by atoms with Gasteiger partial charge in [-0.1, -0.05) is 29.8 Å². The van der Waals surface area contributed by atoms with Crippen LogP contribution >= 0.6 is 11.6 Å². The van der Waals surface area contributed by atoms with Crippen molar-refractivity contribution in [3.8, 4) is 11.5 Å². The highest BCUT2D eigenvalue weighted by Gasteiger charge is 2.49. The number of halogens is 4. The maximum absolute atomic E-state index is 13.3. The van der Waals surface area contributed by atoms with Gasteiger partial charge in [-0.2, -0.15) is 0 Å². The van der Waals surface area contributed by atoms with Gasteiger partial charge < -0.3 is 24.6 Å². The van der Waals surface area contributed by atoms with Crippen LogP contribution in [0.5, 0.6) is 11.5 Å². The van der Waals surface area contributed by atoms with E-state index in [0.29, 0.717) is 11.4 Å². The second-order valence-electron chi connectivity index (χ2n) is 9.05. The summed E-state index contributed by atoms with van der Waals surface area (Å²) in [6.45, 7) is -0.996. The lowest BCUT2D eigenvalue weighted by Crippen LogP contribution is -2.63. The zero-order valence-electron chi connectivity index (χ0n) is 20.1. The normalized spacial score (nSPS) is 22.6. The Morgan fingerprint density at radius 2 is 1.84 bits per heavy atom. The molecule has 4 unspecified atom stereocenters. The molecule has 0 aromatic heterocycles. The fourth-order valence-electron chi connectivity index (χ4n) is 4.52. The molecule has 4 rings (SSSR count). The van der Waals surface area contributed by atoms with Gasteiger partial charge in [-0.05, 0) is 42.7 Å². The van der Waals surface area contributed by atoms with E-state index in [1.54, 1.807) is 24.3 Å².